The van der Waals surface area contributed by atoms with Gasteiger partial charge < -0.3 is 5.11 Å². The molecule has 19 heavy (non-hydrogen) atoms. The number of aliphatic hydroxyl groups excluding tert-OH is 1. The van der Waals surface area contributed by atoms with Gasteiger partial charge >= 0.3 is 0 Å². The van der Waals surface area contributed by atoms with Gasteiger partial charge in [0.25, 0.3) is 0 Å². The van der Waals surface area contributed by atoms with Crippen molar-refractivity contribution in [1.82, 2.24) is 4.31 Å². The van der Waals surface area contributed by atoms with Gasteiger partial charge in [-0.25, -0.2) is 8.42 Å². The zero-order valence-electron chi connectivity index (χ0n) is 10.6. The topological polar surface area (TPSA) is 57.6 Å². The van der Waals surface area contributed by atoms with Gasteiger partial charge in [0, 0.05) is 25.0 Å². The lowest BCUT2D eigenvalue weighted by atomic mass is 10.0. The molecule has 4 nitrogen and oxygen atoms in total. The number of hydrogen-bond donors (Lipinski definition) is 1. The van der Waals surface area contributed by atoms with E-state index in [9.17, 15) is 13.5 Å². The van der Waals surface area contributed by atoms with E-state index in [0.29, 0.717) is 23.3 Å². The Labute approximate surface area is 122 Å². The zero-order chi connectivity index (χ0) is 13.9. The van der Waals surface area contributed by atoms with E-state index in [1.807, 2.05) is 6.07 Å². The fourth-order valence-electron chi connectivity index (χ4n) is 2.33. The number of sulfonamides is 1. The van der Waals surface area contributed by atoms with Gasteiger partial charge in [-0.1, -0.05) is 28.1 Å². The normalized spacial score (nSPS) is 21.5. The van der Waals surface area contributed by atoms with Crippen LogP contribution in [0, 0.1) is 5.92 Å². The van der Waals surface area contributed by atoms with Crippen LogP contribution in [0.3, 0.4) is 0 Å². The standard InChI is InChI=1S/C13H18BrNO3S/c14-8-11-3-1-5-13(7-11)19(17,18)15-6-2-4-12(9-15)10-16/h1,3,5,7,12,16H,2,4,6,8-10H2. The molecule has 0 bridgehead atoms. The number of nitrogens with zero attached hydrogens (tertiary/aromatic N) is 1. The van der Waals surface area contributed by atoms with Gasteiger partial charge in [-0.05, 0) is 36.5 Å². The van der Waals surface area contributed by atoms with Crippen LogP contribution >= 0.6 is 15.9 Å². The first-order valence-corrected chi connectivity index (χ1v) is 8.90. The summed E-state index contributed by atoms with van der Waals surface area (Å²) >= 11 is 3.33. The maximum absolute atomic E-state index is 12.5. The third kappa shape index (κ3) is 3.37. The van der Waals surface area contributed by atoms with E-state index >= 15 is 0 Å². The van der Waals surface area contributed by atoms with Crippen molar-refractivity contribution in [3.05, 3.63) is 29.8 Å². The Hall–Kier alpha value is -0.430. The first kappa shape index (κ1) is 15.0. The van der Waals surface area contributed by atoms with Crippen molar-refractivity contribution >= 4 is 26.0 Å². The van der Waals surface area contributed by atoms with Crippen molar-refractivity contribution < 1.29 is 13.5 Å². The number of hydrogen-bond acceptors (Lipinski definition) is 3. The molecule has 106 valence electrons. The molecule has 0 spiro atoms. The highest BCUT2D eigenvalue weighted by molar-refractivity contribution is 9.08. The van der Waals surface area contributed by atoms with Crippen molar-refractivity contribution in [3.8, 4) is 0 Å². The Kier molecular flexibility index (Phi) is 5.00. The Morgan fingerprint density at radius 2 is 2.21 bits per heavy atom. The average Bonchev–Trinajstić information content (AvgIpc) is 2.47. The van der Waals surface area contributed by atoms with Crippen molar-refractivity contribution in [2.45, 2.75) is 23.1 Å². The summed E-state index contributed by atoms with van der Waals surface area (Å²) < 4.78 is 26.6. The molecule has 1 aromatic rings. The highest BCUT2D eigenvalue weighted by atomic mass is 79.9. The Morgan fingerprint density at radius 3 is 2.89 bits per heavy atom. The second-order valence-corrected chi connectivity index (χ2v) is 7.33. The number of piperidine rings is 1. The van der Waals surface area contributed by atoms with Gasteiger partial charge in [0.1, 0.15) is 0 Å². The summed E-state index contributed by atoms with van der Waals surface area (Å²) in [5, 5.41) is 9.83. The lowest BCUT2D eigenvalue weighted by Crippen LogP contribution is -2.40. The molecular weight excluding hydrogens is 330 g/mol. The van der Waals surface area contributed by atoms with Crippen LogP contribution in [0.2, 0.25) is 0 Å². The van der Waals surface area contributed by atoms with Crippen LogP contribution in [0.25, 0.3) is 0 Å². The van der Waals surface area contributed by atoms with Gasteiger partial charge in [0.15, 0.2) is 0 Å². The largest absolute Gasteiger partial charge is 0.396 e. The molecule has 0 aromatic heterocycles. The molecule has 1 atom stereocenters. The van der Waals surface area contributed by atoms with Gasteiger partial charge in [-0.15, -0.1) is 0 Å². The zero-order valence-corrected chi connectivity index (χ0v) is 13.0. The molecule has 1 aromatic carbocycles. The predicted molar refractivity (Wildman–Crippen MR) is 77.6 cm³/mol. The molecule has 1 aliphatic rings. The molecule has 1 fully saturated rings. The van der Waals surface area contributed by atoms with Gasteiger partial charge in [-0.3, -0.25) is 0 Å². The first-order valence-electron chi connectivity index (χ1n) is 6.34. The van der Waals surface area contributed by atoms with Crippen molar-refractivity contribution in [1.29, 1.82) is 0 Å². The molecule has 0 saturated carbocycles. The second-order valence-electron chi connectivity index (χ2n) is 4.83. The van der Waals surface area contributed by atoms with Crippen LogP contribution in [0.4, 0.5) is 0 Å². The monoisotopic (exact) mass is 347 g/mol. The highest BCUT2D eigenvalue weighted by Gasteiger charge is 2.29. The molecule has 2 rings (SSSR count). The molecule has 1 heterocycles. The lowest BCUT2D eigenvalue weighted by molar-refractivity contribution is 0.165. The number of rotatable bonds is 4. The minimum absolute atomic E-state index is 0.0491. The number of aliphatic hydroxyl groups is 1. The van der Waals surface area contributed by atoms with Crippen LogP contribution in [0.5, 0.6) is 0 Å². The summed E-state index contributed by atoms with van der Waals surface area (Å²) in [4.78, 5) is 0.336. The van der Waals surface area contributed by atoms with E-state index < -0.39 is 10.0 Å². The second kappa shape index (κ2) is 6.35. The van der Waals surface area contributed by atoms with Crippen molar-refractivity contribution in [2.24, 2.45) is 5.92 Å². The third-order valence-electron chi connectivity index (χ3n) is 3.43. The first-order chi connectivity index (χ1) is 9.07. The Bertz CT molecular complexity index is 532. The maximum Gasteiger partial charge on any atom is 0.243 e. The minimum atomic E-state index is -3.44. The molecule has 0 radical (unpaired) electrons. The van der Waals surface area contributed by atoms with Crippen LogP contribution in [0.1, 0.15) is 18.4 Å². The van der Waals surface area contributed by atoms with Crippen LogP contribution < -0.4 is 0 Å². The SMILES string of the molecule is O=S(=O)(c1cccc(CBr)c1)N1CCCC(CO)C1. The third-order valence-corrected chi connectivity index (χ3v) is 5.94. The molecule has 1 saturated heterocycles. The van der Waals surface area contributed by atoms with Crippen LogP contribution in [-0.4, -0.2) is 37.5 Å². The number of halogens is 1. The summed E-state index contributed by atoms with van der Waals surface area (Å²) in [5.41, 5.74) is 0.941. The van der Waals surface area contributed by atoms with E-state index in [0.717, 1.165) is 18.4 Å². The molecule has 1 unspecified atom stereocenters. The van der Waals surface area contributed by atoms with E-state index in [-0.39, 0.29) is 12.5 Å². The fraction of sp³-hybridized carbons (Fsp3) is 0.538. The molecule has 1 N–H and O–H groups in total. The number of benzene rings is 1. The molecular formula is C13H18BrNO3S. The van der Waals surface area contributed by atoms with E-state index in [1.54, 1.807) is 18.2 Å². The average molecular weight is 348 g/mol. The van der Waals surface area contributed by atoms with E-state index in [4.69, 9.17) is 0 Å². The summed E-state index contributed by atoms with van der Waals surface area (Å²) in [6.07, 6.45) is 1.70. The molecule has 1 aliphatic heterocycles. The van der Waals surface area contributed by atoms with Crippen molar-refractivity contribution in [2.75, 3.05) is 19.7 Å². The van der Waals surface area contributed by atoms with E-state index in [2.05, 4.69) is 15.9 Å². The fourth-order valence-corrected chi connectivity index (χ4v) is 4.31. The highest BCUT2D eigenvalue weighted by Crippen LogP contribution is 2.24. The van der Waals surface area contributed by atoms with Crippen LogP contribution in [-0.2, 0) is 15.4 Å². The Morgan fingerprint density at radius 1 is 1.42 bits per heavy atom. The number of alkyl halides is 1. The minimum Gasteiger partial charge on any atom is -0.396 e. The van der Waals surface area contributed by atoms with Gasteiger partial charge in [0.2, 0.25) is 10.0 Å². The lowest BCUT2D eigenvalue weighted by Gasteiger charge is -2.31. The molecule has 6 heteroatoms. The molecule has 0 amide bonds. The van der Waals surface area contributed by atoms with Gasteiger partial charge in [-0.2, -0.15) is 4.31 Å². The quantitative estimate of drug-likeness (QED) is 0.847. The predicted octanol–water partition coefficient (Wildman–Crippen LogP) is 1.97. The van der Waals surface area contributed by atoms with Crippen LogP contribution in [0.15, 0.2) is 29.2 Å². The summed E-state index contributed by atoms with van der Waals surface area (Å²) in [6, 6.07) is 6.98. The summed E-state index contributed by atoms with van der Waals surface area (Å²) in [7, 11) is -3.44. The summed E-state index contributed by atoms with van der Waals surface area (Å²) in [5.74, 6) is 0.0582. The van der Waals surface area contributed by atoms with Crippen molar-refractivity contribution in [3.63, 3.8) is 0 Å². The summed E-state index contributed by atoms with van der Waals surface area (Å²) in [6.45, 7) is 1.00. The van der Waals surface area contributed by atoms with Gasteiger partial charge in [0.05, 0.1) is 4.90 Å². The van der Waals surface area contributed by atoms with E-state index in [1.165, 1.54) is 4.31 Å². The molecule has 0 aliphatic carbocycles. The maximum atomic E-state index is 12.5. The Balaban J connectivity index is 2.25. The smallest absolute Gasteiger partial charge is 0.243 e.